The largest absolute Gasteiger partial charge is 0.313 e. The van der Waals surface area contributed by atoms with Crippen LogP contribution in [-0.2, 0) is 16.4 Å². The summed E-state index contributed by atoms with van der Waals surface area (Å²) >= 11 is 5.99. The molecular weight excluding hydrogens is 316 g/mol. The second kappa shape index (κ2) is 6.72. The van der Waals surface area contributed by atoms with Gasteiger partial charge in [0, 0.05) is 12.6 Å². The molecule has 1 unspecified atom stereocenters. The van der Waals surface area contributed by atoms with Crippen molar-refractivity contribution in [3.63, 3.8) is 0 Å². The molecule has 1 N–H and O–H groups in total. The molecule has 8 heteroatoms. The van der Waals surface area contributed by atoms with Gasteiger partial charge in [0.25, 0.3) is 5.69 Å². The van der Waals surface area contributed by atoms with Gasteiger partial charge < -0.3 is 5.32 Å². The Balaban J connectivity index is 1.82. The summed E-state index contributed by atoms with van der Waals surface area (Å²) in [5.74, 6) is 0.767. The summed E-state index contributed by atoms with van der Waals surface area (Å²) in [4.78, 5) is 10.3. The lowest BCUT2D eigenvalue weighted by molar-refractivity contribution is -0.384. The van der Waals surface area contributed by atoms with Crippen LogP contribution in [0.25, 0.3) is 0 Å². The van der Waals surface area contributed by atoms with Crippen molar-refractivity contribution in [1.82, 2.24) is 5.32 Å². The summed E-state index contributed by atoms with van der Waals surface area (Å²) in [6, 6.07) is 4.71. The van der Waals surface area contributed by atoms with Gasteiger partial charge in [0.05, 0.1) is 16.4 Å². The van der Waals surface area contributed by atoms with E-state index in [2.05, 4.69) is 5.32 Å². The van der Waals surface area contributed by atoms with E-state index in [0.717, 1.165) is 12.8 Å². The first-order chi connectivity index (χ1) is 9.89. The number of benzene rings is 1. The summed E-state index contributed by atoms with van der Waals surface area (Å²) in [7, 11) is -2.83. The minimum absolute atomic E-state index is 0.0992. The monoisotopic (exact) mass is 332 g/mol. The van der Waals surface area contributed by atoms with E-state index in [0.29, 0.717) is 18.7 Å². The van der Waals surface area contributed by atoms with Gasteiger partial charge in [-0.25, -0.2) is 8.42 Å². The number of nitrogens with zero attached hydrogens (tertiary/aromatic N) is 1. The number of sulfone groups is 1. The standard InChI is InChI=1S/C13H17ClN2O4S/c14-13-11(2-1-3-12(13)16(17)18)8-15-6-4-10-5-7-21(19,20)9-10/h1-3,10,15H,4-9H2. The van der Waals surface area contributed by atoms with Crippen LogP contribution >= 0.6 is 11.6 Å². The van der Waals surface area contributed by atoms with Crippen LogP contribution in [0.2, 0.25) is 5.02 Å². The fourth-order valence-corrected chi connectivity index (χ4v) is 4.65. The van der Waals surface area contributed by atoms with Gasteiger partial charge >= 0.3 is 0 Å². The normalized spacial score (nSPS) is 20.5. The first kappa shape index (κ1) is 16.2. The zero-order valence-electron chi connectivity index (χ0n) is 11.4. The molecule has 0 spiro atoms. The van der Waals surface area contributed by atoms with E-state index >= 15 is 0 Å². The molecule has 0 bridgehead atoms. The highest BCUT2D eigenvalue weighted by Gasteiger charge is 2.27. The second-order valence-corrected chi connectivity index (χ2v) is 7.85. The Kier molecular flexibility index (Phi) is 5.18. The Bertz CT molecular complexity index is 633. The number of nitro benzene ring substituents is 1. The Morgan fingerprint density at radius 1 is 1.43 bits per heavy atom. The topological polar surface area (TPSA) is 89.3 Å². The van der Waals surface area contributed by atoms with E-state index in [1.54, 1.807) is 12.1 Å². The average Bonchev–Trinajstić information content (AvgIpc) is 2.75. The molecule has 1 heterocycles. The number of hydrogen-bond acceptors (Lipinski definition) is 5. The SMILES string of the molecule is O=[N+]([O-])c1cccc(CNCCC2CCS(=O)(=O)C2)c1Cl. The van der Waals surface area contributed by atoms with Crippen molar-refractivity contribution < 1.29 is 13.3 Å². The van der Waals surface area contributed by atoms with Crippen molar-refractivity contribution in [2.24, 2.45) is 5.92 Å². The van der Waals surface area contributed by atoms with Gasteiger partial charge in [-0.15, -0.1) is 0 Å². The third-order valence-corrected chi connectivity index (χ3v) is 5.90. The zero-order chi connectivity index (χ0) is 15.5. The number of nitro groups is 1. The minimum atomic E-state index is -2.83. The summed E-state index contributed by atoms with van der Waals surface area (Å²) < 4.78 is 22.7. The molecule has 0 amide bonds. The molecular formula is C13H17ClN2O4S. The fraction of sp³-hybridized carbons (Fsp3) is 0.538. The first-order valence-corrected chi connectivity index (χ1v) is 8.92. The number of rotatable bonds is 6. The molecule has 0 aromatic heterocycles. The Morgan fingerprint density at radius 3 is 2.81 bits per heavy atom. The summed E-state index contributed by atoms with van der Waals surface area (Å²) in [6.45, 7) is 1.10. The Labute approximate surface area is 128 Å². The van der Waals surface area contributed by atoms with Gasteiger partial charge in [0.1, 0.15) is 5.02 Å². The predicted octanol–water partition coefficient (Wildman–Crippen LogP) is 2.16. The Hall–Kier alpha value is -1.18. The quantitative estimate of drug-likeness (QED) is 0.490. The van der Waals surface area contributed by atoms with Gasteiger partial charge in [-0.2, -0.15) is 0 Å². The van der Waals surface area contributed by atoms with Crippen LogP contribution in [0, 0.1) is 16.0 Å². The molecule has 0 radical (unpaired) electrons. The highest BCUT2D eigenvalue weighted by molar-refractivity contribution is 7.91. The lowest BCUT2D eigenvalue weighted by atomic mass is 10.1. The lowest BCUT2D eigenvalue weighted by Crippen LogP contribution is -2.18. The minimum Gasteiger partial charge on any atom is -0.313 e. The van der Waals surface area contributed by atoms with E-state index in [1.807, 2.05) is 0 Å². The van der Waals surface area contributed by atoms with Gasteiger partial charge in [0.15, 0.2) is 9.84 Å². The van der Waals surface area contributed by atoms with Crippen molar-refractivity contribution in [2.45, 2.75) is 19.4 Å². The summed E-state index contributed by atoms with van der Waals surface area (Å²) in [5.41, 5.74) is 0.572. The van der Waals surface area contributed by atoms with Crippen LogP contribution in [0.3, 0.4) is 0 Å². The zero-order valence-corrected chi connectivity index (χ0v) is 13.0. The van der Waals surface area contributed by atoms with Gasteiger partial charge in [-0.3, -0.25) is 10.1 Å². The molecule has 1 aromatic rings. The van der Waals surface area contributed by atoms with E-state index in [4.69, 9.17) is 11.6 Å². The van der Waals surface area contributed by atoms with Crippen LogP contribution in [0.1, 0.15) is 18.4 Å². The highest BCUT2D eigenvalue weighted by atomic mass is 35.5. The maximum atomic E-state index is 11.3. The molecule has 0 saturated carbocycles. The van der Waals surface area contributed by atoms with Gasteiger partial charge in [0.2, 0.25) is 0 Å². The van der Waals surface area contributed by atoms with Crippen LogP contribution in [-0.4, -0.2) is 31.4 Å². The van der Waals surface area contributed by atoms with Crippen molar-refractivity contribution >= 4 is 27.1 Å². The molecule has 1 atom stereocenters. The average molecular weight is 333 g/mol. The molecule has 1 saturated heterocycles. The molecule has 1 aliphatic rings. The van der Waals surface area contributed by atoms with Crippen LogP contribution in [0.4, 0.5) is 5.69 Å². The van der Waals surface area contributed by atoms with Gasteiger partial charge in [-0.1, -0.05) is 23.7 Å². The summed E-state index contributed by atoms with van der Waals surface area (Å²) in [5, 5.41) is 14.1. The van der Waals surface area contributed by atoms with E-state index in [9.17, 15) is 18.5 Å². The third kappa shape index (κ3) is 4.39. The molecule has 1 fully saturated rings. The fourth-order valence-electron chi connectivity index (χ4n) is 2.47. The van der Waals surface area contributed by atoms with Crippen molar-refractivity contribution in [2.75, 3.05) is 18.1 Å². The molecule has 1 aliphatic heterocycles. The second-order valence-electron chi connectivity index (χ2n) is 5.24. The molecule has 116 valence electrons. The number of halogens is 1. The van der Waals surface area contributed by atoms with E-state index in [-0.39, 0.29) is 28.1 Å². The van der Waals surface area contributed by atoms with Crippen molar-refractivity contribution in [3.8, 4) is 0 Å². The van der Waals surface area contributed by atoms with Crippen LogP contribution < -0.4 is 5.32 Å². The maximum Gasteiger partial charge on any atom is 0.288 e. The van der Waals surface area contributed by atoms with Crippen LogP contribution in [0.15, 0.2) is 18.2 Å². The predicted molar refractivity (Wildman–Crippen MR) is 81.2 cm³/mol. The van der Waals surface area contributed by atoms with Gasteiger partial charge in [-0.05, 0) is 30.9 Å². The number of hydrogen-bond donors (Lipinski definition) is 1. The molecule has 0 aliphatic carbocycles. The molecule has 6 nitrogen and oxygen atoms in total. The third-order valence-electron chi connectivity index (χ3n) is 3.63. The molecule has 21 heavy (non-hydrogen) atoms. The smallest absolute Gasteiger partial charge is 0.288 e. The Morgan fingerprint density at radius 2 is 2.19 bits per heavy atom. The molecule has 2 rings (SSSR count). The van der Waals surface area contributed by atoms with Crippen LogP contribution in [0.5, 0.6) is 0 Å². The van der Waals surface area contributed by atoms with Crippen molar-refractivity contribution in [3.05, 3.63) is 38.9 Å². The summed E-state index contributed by atoms with van der Waals surface area (Å²) in [6.07, 6.45) is 1.51. The highest BCUT2D eigenvalue weighted by Crippen LogP contribution is 2.27. The lowest BCUT2D eigenvalue weighted by Gasteiger charge is -2.09. The molecule has 1 aromatic carbocycles. The van der Waals surface area contributed by atoms with E-state index in [1.165, 1.54) is 6.07 Å². The van der Waals surface area contributed by atoms with E-state index < -0.39 is 14.8 Å². The number of nitrogens with one attached hydrogen (secondary N) is 1. The maximum absolute atomic E-state index is 11.3. The van der Waals surface area contributed by atoms with Crippen molar-refractivity contribution in [1.29, 1.82) is 0 Å². The first-order valence-electron chi connectivity index (χ1n) is 6.72.